The fraction of sp³-hybridized carbons (Fsp3) is 0.458. The van der Waals surface area contributed by atoms with Crippen LogP contribution in [0.15, 0.2) is 43.0 Å². The third-order valence-corrected chi connectivity index (χ3v) is 7.49. The van der Waals surface area contributed by atoms with Crippen molar-refractivity contribution >= 4 is 30.5 Å². The number of nitriles is 1. The van der Waals surface area contributed by atoms with E-state index in [0.29, 0.717) is 23.3 Å². The van der Waals surface area contributed by atoms with E-state index in [2.05, 4.69) is 26.1 Å². The lowest BCUT2D eigenvalue weighted by atomic mass is 10.1. The summed E-state index contributed by atoms with van der Waals surface area (Å²) in [6.45, 7) is 5.03. The number of aromatic nitrogens is 4. The van der Waals surface area contributed by atoms with E-state index in [1.165, 1.54) is 12.7 Å². The molecular formula is C24H30N7O6P. The standard InChI is InChI=1S/C24H30N7O6P/c1-15(2)35-24(32)16(3)30-38(33,37-18-7-5-4-6-8-18)14-34-11-19-9-17(10-25)23(36-19)31-13-29-20-21(26)27-12-28-22(20)31/h4-8,12-13,15-17,19,23H,9,11,14H2,1-3H3,(H,30,33)(H2,26,27,28)/t16?,17-,19+,23-,38?/m1/s1. The van der Waals surface area contributed by atoms with Crippen molar-refractivity contribution in [2.45, 2.75) is 51.7 Å². The summed E-state index contributed by atoms with van der Waals surface area (Å²) >= 11 is 0. The van der Waals surface area contributed by atoms with E-state index < -0.39 is 37.8 Å². The zero-order valence-electron chi connectivity index (χ0n) is 21.3. The predicted molar refractivity (Wildman–Crippen MR) is 137 cm³/mol. The molecule has 3 heterocycles. The predicted octanol–water partition coefficient (Wildman–Crippen LogP) is 3.01. The molecule has 1 saturated heterocycles. The Bertz CT molecular complexity index is 1350. The molecule has 3 N–H and O–H groups in total. The summed E-state index contributed by atoms with van der Waals surface area (Å²) in [5.74, 6) is -0.485. The van der Waals surface area contributed by atoms with Gasteiger partial charge in [-0.1, -0.05) is 18.2 Å². The topological polar surface area (TPSA) is 176 Å². The van der Waals surface area contributed by atoms with Gasteiger partial charge in [0.05, 0.1) is 37.1 Å². The zero-order valence-corrected chi connectivity index (χ0v) is 22.2. The van der Waals surface area contributed by atoms with Crippen LogP contribution in [0, 0.1) is 17.2 Å². The number of fused-ring (bicyclic) bond motifs is 1. The summed E-state index contributed by atoms with van der Waals surface area (Å²) in [7, 11) is -3.71. The van der Waals surface area contributed by atoms with Crippen molar-refractivity contribution in [1.29, 1.82) is 5.26 Å². The molecule has 0 radical (unpaired) electrons. The molecule has 0 bridgehead atoms. The van der Waals surface area contributed by atoms with E-state index in [-0.39, 0.29) is 24.9 Å². The number of imidazole rings is 1. The third kappa shape index (κ3) is 6.46. The number of nitrogens with one attached hydrogen (secondary N) is 1. The van der Waals surface area contributed by atoms with E-state index in [9.17, 15) is 14.6 Å². The minimum atomic E-state index is -3.71. The van der Waals surface area contributed by atoms with Gasteiger partial charge in [-0.3, -0.25) is 13.9 Å². The normalized spacial score (nSPS) is 21.6. The first-order valence-electron chi connectivity index (χ1n) is 12.1. The van der Waals surface area contributed by atoms with E-state index in [0.717, 1.165) is 0 Å². The van der Waals surface area contributed by atoms with Gasteiger partial charge in [-0.25, -0.2) is 20.0 Å². The maximum Gasteiger partial charge on any atom is 0.342 e. The first kappa shape index (κ1) is 27.5. The van der Waals surface area contributed by atoms with E-state index in [1.807, 2.05) is 0 Å². The maximum absolute atomic E-state index is 13.7. The molecule has 4 rings (SSSR count). The number of nitrogens with two attached hydrogens (primary N) is 1. The van der Waals surface area contributed by atoms with Crippen molar-refractivity contribution < 1.29 is 28.1 Å². The Hall–Kier alpha value is -3.56. The van der Waals surface area contributed by atoms with Gasteiger partial charge in [0, 0.05) is 0 Å². The smallest absolute Gasteiger partial charge is 0.342 e. The molecule has 13 nitrogen and oxygen atoms in total. The monoisotopic (exact) mass is 543 g/mol. The van der Waals surface area contributed by atoms with Crippen molar-refractivity contribution in [3.8, 4) is 11.8 Å². The summed E-state index contributed by atoms with van der Waals surface area (Å²) in [6, 6.07) is 9.93. The molecule has 5 atom stereocenters. The zero-order chi connectivity index (χ0) is 27.3. The van der Waals surface area contributed by atoms with E-state index >= 15 is 0 Å². The molecule has 1 aliphatic heterocycles. The number of carbonyl (C=O) groups is 1. The molecule has 14 heteroatoms. The number of esters is 1. The maximum atomic E-state index is 13.7. The third-order valence-electron chi connectivity index (χ3n) is 5.68. The summed E-state index contributed by atoms with van der Waals surface area (Å²) in [6.07, 6.45) is 1.39. The van der Waals surface area contributed by atoms with Crippen LogP contribution >= 0.6 is 7.52 Å². The molecule has 1 aliphatic rings. The quantitative estimate of drug-likeness (QED) is 0.267. The average Bonchev–Trinajstić information content (AvgIpc) is 3.48. The molecule has 0 amide bonds. The van der Waals surface area contributed by atoms with E-state index in [1.54, 1.807) is 55.7 Å². The lowest BCUT2D eigenvalue weighted by molar-refractivity contribution is -0.149. The van der Waals surface area contributed by atoms with Gasteiger partial charge in [0.25, 0.3) is 0 Å². The van der Waals surface area contributed by atoms with Gasteiger partial charge in [0.1, 0.15) is 30.0 Å². The van der Waals surface area contributed by atoms with Gasteiger partial charge < -0.3 is 24.5 Å². The molecule has 0 aliphatic carbocycles. The molecule has 1 fully saturated rings. The van der Waals surface area contributed by atoms with Crippen LogP contribution in [0.3, 0.4) is 0 Å². The fourth-order valence-electron chi connectivity index (χ4n) is 4.01. The highest BCUT2D eigenvalue weighted by atomic mass is 31.2. The molecule has 0 saturated carbocycles. The van der Waals surface area contributed by atoms with Gasteiger partial charge in [-0.2, -0.15) is 5.26 Å². The van der Waals surface area contributed by atoms with Gasteiger partial charge in [-0.15, -0.1) is 0 Å². The number of benzene rings is 1. The summed E-state index contributed by atoms with van der Waals surface area (Å²) in [4.78, 5) is 24.7. The second-order valence-electron chi connectivity index (χ2n) is 9.12. The Kier molecular flexibility index (Phi) is 8.58. The highest BCUT2D eigenvalue weighted by Gasteiger charge is 2.39. The average molecular weight is 544 g/mol. The lowest BCUT2D eigenvalue weighted by Crippen LogP contribution is -2.36. The number of carbonyl (C=O) groups excluding carboxylic acids is 1. The fourth-order valence-corrected chi connectivity index (χ4v) is 5.70. The van der Waals surface area contributed by atoms with Gasteiger partial charge in [0.2, 0.25) is 0 Å². The highest BCUT2D eigenvalue weighted by Crippen LogP contribution is 2.44. The summed E-state index contributed by atoms with van der Waals surface area (Å²) in [5.41, 5.74) is 6.75. The van der Waals surface area contributed by atoms with Gasteiger partial charge >= 0.3 is 13.5 Å². The van der Waals surface area contributed by atoms with Crippen molar-refractivity contribution in [3.05, 3.63) is 43.0 Å². The van der Waals surface area contributed by atoms with Crippen LogP contribution < -0.4 is 15.3 Å². The Morgan fingerprint density at radius 1 is 1.29 bits per heavy atom. The summed E-state index contributed by atoms with van der Waals surface area (Å²) in [5, 5.41) is 12.5. The molecule has 0 spiro atoms. The number of nitrogens with zero attached hydrogens (tertiary/aromatic N) is 5. The van der Waals surface area contributed by atoms with E-state index in [4.69, 9.17) is 24.5 Å². The van der Waals surface area contributed by atoms with Gasteiger partial charge in [0.15, 0.2) is 17.7 Å². The number of hydrogen-bond donors (Lipinski definition) is 2. The van der Waals surface area contributed by atoms with Crippen LogP contribution in [0.1, 0.15) is 33.4 Å². The number of para-hydroxylation sites is 1. The Labute approximate surface area is 219 Å². The van der Waals surface area contributed by atoms with Crippen LogP contribution in [0.25, 0.3) is 11.2 Å². The largest absolute Gasteiger partial charge is 0.462 e. The van der Waals surface area contributed by atoms with Crippen molar-refractivity contribution in [1.82, 2.24) is 24.6 Å². The summed E-state index contributed by atoms with van der Waals surface area (Å²) < 4.78 is 38.2. The Morgan fingerprint density at radius 2 is 2.05 bits per heavy atom. The van der Waals surface area contributed by atoms with Crippen LogP contribution in [0.2, 0.25) is 0 Å². The number of rotatable bonds is 11. The number of nitrogen functional groups attached to an aromatic ring is 1. The van der Waals surface area contributed by atoms with Crippen LogP contribution in [0.5, 0.6) is 5.75 Å². The minimum Gasteiger partial charge on any atom is -0.462 e. The lowest BCUT2D eigenvalue weighted by Gasteiger charge is -2.24. The molecule has 202 valence electrons. The molecular weight excluding hydrogens is 513 g/mol. The SMILES string of the molecule is CC(C)OC(=O)C(C)NP(=O)(COC[C@@H]1C[C@H](C#N)[C@H](n2cnc3c(N)ncnc32)O1)Oc1ccccc1. The molecule has 2 aromatic heterocycles. The first-order chi connectivity index (χ1) is 18.2. The van der Waals surface area contributed by atoms with Crippen molar-refractivity contribution in [2.24, 2.45) is 5.92 Å². The molecule has 3 aromatic rings. The Morgan fingerprint density at radius 3 is 2.76 bits per heavy atom. The van der Waals surface area contributed by atoms with Crippen LogP contribution in [0.4, 0.5) is 5.82 Å². The second-order valence-corrected chi connectivity index (χ2v) is 11.2. The molecule has 38 heavy (non-hydrogen) atoms. The highest BCUT2D eigenvalue weighted by molar-refractivity contribution is 7.57. The number of ether oxygens (including phenoxy) is 3. The number of hydrogen-bond acceptors (Lipinski definition) is 11. The minimum absolute atomic E-state index is 0.0348. The van der Waals surface area contributed by atoms with Gasteiger partial charge in [-0.05, 0) is 39.3 Å². The Balaban J connectivity index is 1.42. The van der Waals surface area contributed by atoms with Crippen molar-refractivity contribution in [3.63, 3.8) is 0 Å². The number of anilines is 1. The molecule has 1 aromatic carbocycles. The van der Waals surface area contributed by atoms with Crippen LogP contribution in [-0.2, 0) is 23.6 Å². The van der Waals surface area contributed by atoms with Crippen LogP contribution in [-0.4, -0.2) is 56.7 Å². The van der Waals surface area contributed by atoms with Crippen molar-refractivity contribution in [2.75, 3.05) is 18.7 Å². The molecule has 2 unspecified atom stereocenters. The second kappa shape index (κ2) is 11.9. The first-order valence-corrected chi connectivity index (χ1v) is 13.9.